The lowest BCUT2D eigenvalue weighted by atomic mass is 9.86. The SMILES string of the molecule is Cc1ncc(CN(C)C(=O)[C@@H](NC(N)=O)C(C)(C)C)s1. The van der Waals surface area contributed by atoms with Gasteiger partial charge in [0.1, 0.15) is 6.04 Å². The summed E-state index contributed by atoms with van der Waals surface area (Å²) in [5.74, 6) is -0.164. The zero-order chi connectivity index (χ0) is 15.5. The van der Waals surface area contributed by atoms with Gasteiger partial charge < -0.3 is 16.0 Å². The van der Waals surface area contributed by atoms with Crippen LogP contribution in [0, 0.1) is 12.3 Å². The van der Waals surface area contributed by atoms with E-state index in [0.29, 0.717) is 6.54 Å². The molecule has 0 radical (unpaired) electrons. The van der Waals surface area contributed by atoms with Gasteiger partial charge in [-0.3, -0.25) is 4.79 Å². The van der Waals surface area contributed by atoms with E-state index in [1.165, 1.54) is 0 Å². The molecule has 6 nitrogen and oxygen atoms in total. The Hall–Kier alpha value is -1.63. The molecule has 1 rings (SSSR count). The van der Waals surface area contributed by atoms with Crippen LogP contribution in [0.4, 0.5) is 4.79 Å². The summed E-state index contributed by atoms with van der Waals surface area (Å²) in [4.78, 5) is 30.3. The van der Waals surface area contributed by atoms with E-state index in [9.17, 15) is 9.59 Å². The minimum atomic E-state index is -0.694. The van der Waals surface area contributed by atoms with Crippen molar-refractivity contribution >= 4 is 23.3 Å². The fourth-order valence-electron chi connectivity index (χ4n) is 1.80. The molecule has 0 unspecified atom stereocenters. The van der Waals surface area contributed by atoms with Crippen molar-refractivity contribution in [1.82, 2.24) is 15.2 Å². The average molecular weight is 298 g/mol. The molecular weight excluding hydrogens is 276 g/mol. The van der Waals surface area contributed by atoms with Crippen LogP contribution in [0.5, 0.6) is 0 Å². The number of nitrogens with one attached hydrogen (secondary N) is 1. The van der Waals surface area contributed by atoms with Crippen molar-refractivity contribution in [3.05, 3.63) is 16.1 Å². The Balaban J connectivity index is 2.80. The van der Waals surface area contributed by atoms with Crippen molar-refractivity contribution in [2.75, 3.05) is 7.05 Å². The van der Waals surface area contributed by atoms with Crippen LogP contribution in [0.3, 0.4) is 0 Å². The Bertz CT molecular complexity index is 493. The molecule has 1 aromatic rings. The van der Waals surface area contributed by atoms with Crippen LogP contribution in [0.2, 0.25) is 0 Å². The summed E-state index contributed by atoms with van der Waals surface area (Å²) < 4.78 is 0. The van der Waals surface area contributed by atoms with Gasteiger partial charge in [-0.25, -0.2) is 9.78 Å². The van der Waals surface area contributed by atoms with Crippen LogP contribution in [-0.4, -0.2) is 34.9 Å². The number of likely N-dealkylation sites (N-methyl/N-ethyl adjacent to an activating group) is 1. The van der Waals surface area contributed by atoms with E-state index >= 15 is 0 Å². The topological polar surface area (TPSA) is 88.3 Å². The van der Waals surface area contributed by atoms with Crippen molar-refractivity contribution in [3.63, 3.8) is 0 Å². The third-order valence-corrected chi connectivity index (χ3v) is 3.74. The Kier molecular flexibility index (Phi) is 5.10. The highest BCUT2D eigenvalue weighted by Gasteiger charge is 2.34. The van der Waals surface area contributed by atoms with Crippen LogP contribution in [-0.2, 0) is 11.3 Å². The number of rotatable bonds is 4. The maximum Gasteiger partial charge on any atom is 0.312 e. The van der Waals surface area contributed by atoms with Gasteiger partial charge in [0, 0.05) is 18.1 Å². The van der Waals surface area contributed by atoms with Gasteiger partial charge in [-0.1, -0.05) is 20.8 Å². The molecule has 3 amide bonds. The highest BCUT2D eigenvalue weighted by Crippen LogP contribution is 2.22. The number of hydrogen-bond acceptors (Lipinski definition) is 4. The van der Waals surface area contributed by atoms with E-state index < -0.39 is 17.5 Å². The van der Waals surface area contributed by atoms with E-state index in [4.69, 9.17) is 5.73 Å². The molecule has 20 heavy (non-hydrogen) atoms. The number of carbonyl (C=O) groups excluding carboxylic acids is 2. The minimum Gasteiger partial charge on any atom is -0.352 e. The summed E-state index contributed by atoms with van der Waals surface area (Å²) in [5.41, 5.74) is 4.74. The lowest BCUT2D eigenvalue weighted by molar-refractivity contribution is -0.134. The highest BCUT2D eigenvalue weighted by molar-refractivity contribution is 7.11. The molecule has 7 heteroatoms. The van der Waals surface area contributed by atoms with Gasteiger partial charge >= 0.3 is 6.03 Å². The number of hydrogen-bond donors (Lipinski definition) is 2. The maximum absolute atomic E-state index is 12.5. The van der Waals surface area contributed by atoms with Gasteiger partial charge in [-0.05, 0) is 12.3 Å². The van der Waals surface area contributed by atoms with Gasteiger partial charge in [0.15, 0.2) is 0 Å². The lowest BCUT2D eigenvalue weighted by Gasteiger charge is -2.32. The van der Waals surface area contributed by atoms with Gasteiger partial charge in [0.05, 0.1) is 11.6 Å². The fourth-order valence-corrected chi connectivity index (χ4v) is 2.65. The zero-order valence-corrected chi connectivity index (χ0v) is 13.4. The third kappa shape index (κ3) is 4.48. The number of aromatic nitrogens is 1. The second-order valence-electron chi connectivity index (χ2n) is 5.85. The first-order chi connectivity index (χ1) is 9.11. The van der Waals surface area contributed by atoms with E-state index in [0.717, 1.165) is 9.88 Å². The molecule has 0 aliphatic heterocycles. The van der Waals surface area contributed by atoms with E-state index in [1.54, 1.807) is 29.5 Å². The average Bonchev–Trinajstić information content (AvgIpc) is 2.69. The summed E-state index contributed by atoms with van der Waals surface area (Å²) in [6, 6.07) is -1.35. The normalized spacial score (nSPS) is 12.8. The first kappa shape index (κ1) is 16.4. The van der Waals surface area contributed by atoms with Crippen LogP contribution in [0.25, 0.3) is 0 Å². The van der Waals surface area contributed by atoms with Crippen LogP contribution in [0.1, 0.15) is 30.7 Å². The first-order valence-electron chi connectivity index (χ1n) is 6.33. The summed E-state index contributed by atoms with van der Waals surface area (Å²) in [6.45, 7) is 8.04. The predicted octanol–water partition coefficient (Wildman–Crippen LogP) is 1.49. The molecule has 0 bridgehead atoms. The monoisotopic (exact) mass is 298 g/mol. The first-order valence-corrected chi connectivity index (χ1v) is 7.15. The van der Waals surface area contributed by atoms with Crippen LogP contribution >= 0.6 is 11.3 Å². The number of primary amides is 1. The molecule has 0 aromatic carbocycles. The highest BCUT2D eigenvalue weighted by atomic mass is 32.1. The smallest absolute Gasteiger partial charge is 0.312 e. The Morgan fingerprint density at radius 3 is 2.50 bits per heavy atom. The molecule has 0 fully saturated rings. The Labute approximate surface area is 123 Å². The molecule has 1 atom stereocenters. The molecule has 0 saturated carbocycles. The summed E-state index contributed by atoms with van der Waals surface area (Å²) >= 11 is 1.55. The minimum absolute atomic E-state index is 0.164. The molecule has 0 aliphatic carbocycles. The number of urea groups is 1. The molecular formula is C13H22N4O2S. The Morgan fingerprint density at radius 2 is 2.10 bits per heavy atom. The number of nitrogens with zero attached hydrogens (tertiary/aromatic N) is 2. The van der Waals surface area contributed by atoms with Gasteiger partial charge in [-0.15, -0.1) is 11.3 Å². The number of aryl methyl sites for hydroxylation is 1. The molecule has 0 saturated heterocycles. The fraction of sp³-hybridized carbons (Fsp3) is 0.615. The van der Waals surface area contributed by atoms with E-state index in [2.05, 4.69) is 10.3 Å². The van der Waals surface area contributed by atoms with Crippen molar-refractivity contribution in [1.29, 1.82) is 0 Å². The summed E-state index contributed by atoms with van der Waals surface area (Å²) in [7, 11) is 1.71. The number of carbonyl (C=O) groups is 2. The molecule has 1 aromatic heterocycles. The molecule has 0 spiro atoms. The third-order valence-electron chi connectivity index (χ3n) is 2.84. The second kappa shape index (κ2) is 6.21. The summed E-state index contributed by atoms with van der Waals surface area (Å²) in [5, 5.41) is 3.49. The van der Waals surface area contributed by atoms with E-state index in [1.807, 2.05) is 27.7 Å². The summed E-state index contributed by atoms with van der Waals surface area (Å²) in [6.07, 6.45) is 1.76. The lowest BCUT2D eigenvalue weighted by Crippen LogP contribution is -2.55. The van der Waals surface area contributed by atoms with Crippen molar-refractivity contribution < 1.29 is 9.59 Å². The van der Waals surface area contributed by atoms with Gasteiger partial charge in [0.2, 0.25) is 5.91 Å². The maximum atomic E-state index is 12.5. The van der Waals surface area contributed by atoms with Crippen molar-refractivity contribution in [3.8, 4) is 0 Å². The zero-order valence-electron chi connectivity index (χ0n) is 12.6. The number of amides is 3. The molecule has 0 aliphatic rings. The number of nitrogens with two attached hydrogens (primary N) is 1. The standard InChI is InChI=1S/C13H22N4O2S/c1-8-15-6-9(20-8)7-17(5)11(18)10(13(2,3)4)16-12(14)19/h6,10H,7H2,1-5H3,(H3,14,16,19)/t10-/m1/s1. The predicted molar refractivity (Wildman–Crippen MR) is 79.3 cm³/mol. The molecule has 1 heterocycles. The Morgan fingerprint density at radius 1 is 1.50 bits per heavy atom. The van der Waals surface area contributed by atoms with Crippen molar-refractivity contribution in [2.24, 2.45) is 11.1 Å². The molecule has 3 N–H and O–H groups in total. The van der Waals surface area contributed by atoms with Gasteiger partial charge in [-0.2, -0.15) is 0 Å². The quantitative estimate of drug-likeness (QED) is 0.882. The van der Waals surface area contributed by atoms with Crippen molar-refractivity contribution in [2.45, 2.75) is 40.3 Å². The van der Waals surface area contributed by atoms with E-state index in [-0.39, 0.29) is 5.91 Å². The second-order valence-corrected chi connectivity index (χ2v) is 7.17. The van der Waals surface area contributed by atoms with Crippen LogP contribution < -0.4 is 11.1 Å². The largest absolute Gasteiger partial charge is 0.352 e. The molecule has 112 valence electrons. The van der Waals surface area contributed by atoms with Crippen LogP contribution in [0.15, 0.2) is 6.20 Å². The number of thiazole rings is 1. The van der Waals surface area contributed by atoms with Gasteiger partial charge in [0.25, 0.3) is 0 Å².